The van der Waals surface area contributed by atoms with Gasteiger partial charge in [-0.1, -0.05) is 30.3 Å². The normalized spacial score (nSPS) is 12.4. The Kier molecular flexibility index (Phi) is 6.54. The van der Waals surface area contributed by atoms with E-state index in [-0.39, 0.29) is 6.54 Å². The first-order valence-electron chi connectivity index (χ1n) is 6.41. The summed E-state index contributed by atoms with van der Waals surface area (Å²) < 4.78 is 25.4. The van der Waals surface area contributed by atoms with Crippen LogP contribution in [0.4, 0.5) is 0 Å². The van der Waals surface area contributed by atoms with Crippen molar-refractivity contribution in [3.05, 3.63) is 41.3 Å². The Bertz CT molecular complexity index is 582. The van der Waals surface area contributed by atoms with Crippen molar-refractivity contribution in [2.75, 3.05) is 33.7 Å². The van der Waals surface area contributed by atoms with E-state index in [1.54, 1.807) is 43.3 Å². The summed E-state index contributed by atoms with van der Waals surface area (Å²) in [7, 11) is -0.172. The van der Waals surface area contributed by atoms with Gasteiger partial charge < -0.3 is 10.0 Å². The number of likely N-dealkylation sites (N-methyl/N-ethyl adjacent to an activating group) is 1. The van der Waals surface area contributed by atoms with Crippen LogP contribution in [-0.4, -0.2) is 62.4 Å². The molecule has 0 heterocycles. The molecule has 1 rings (SSSR count). The summed E-state index contributed by atoms with van der Waals surface area (Å²) in [6.07, 6.45) is 1.46. The smallest absolute Gasteiger partial charge is 0.318 e. The first kappa shape index (κ1) is 17.4. The summed E-state index contributed by atoms with van der Waals surface area (Å²) in [5.41, 5.74) is 0.740. The summed E-state index contributed by atoms with van der Waals surface area (Å²) in [5, 5.41) is 9.90. The van der Waals surface area contributed by atoms with Gasteiger partial charge in [0.25, 0.3) is 0 Å². The lowest BCUT2D eigenvalue weighted by Gasteiger charge is -2.20. The van der Waals surface area contributed by atoms with Gasteiger partial charge in [0.15, 0.2) is 0 Å². The van der Waals surface area contributed by atoms with Crippen LogP contribution in [0.1, 0.15) is 5.56 Å². The average molecular weight is 312 g/mol. The van der Waals surface area contributed by atoms with E-state index in [1.807, 2.05) is 6.07 Å². The fourth-order valence-electron chi connectivity index (χ4n) is 1.57. The van der Waals surface area contributed by atoms with Crippen LogP contribution in [0.5, 0.6) is 0 Å². The molecule has 0 aliphatic heterocycles. The molecule has 0 unspecified atom stereocenters. The molecule has 0 fully saturated rings. The summed E-state index contributed by atoms with van der Waals surface area (Å²) in [6, 6.07) is 8.97. The monoisotopic (exact) mass is 312 g/mol. The zero-order chi connectivity index (χ0) is 15.9. The van der Waals surface area contributed by atoms with Crippen LogP contribution in [0.3, 0.4) is 0 Å². The minimum absolute atomic E-state index is 0.126. The molecule has 1 N–H and O–H groups in total. The van der Waals surface area contributed by atoms with Crippen molar-refractivity contribution in [2.24, 2.45) is 0 Å². The average Bonchev–Trinajstić information content (AvgIpc) is 2.42. The molecule has 6 nitrogen and oxygen atoms in total. The zero-order valence-corrected chi connectivity index (χ0v) is 13.0. The maximum absolute atomic E-state index is 12.2. The van der Waals surface area contributed by atoms with E-state index in [2.05, 4.69) is 0 Å². The third kappa shape index (κ3) is 6.52. The summed E-state index contributed by atoms with van der Waals surface area (Å²) >= 11 is 0. The van der Waals surface area contributed by atoms with Gasteiger partial charge in [-0.25, -0.2) is 8.42 Å². The van der Waals surface area contributed by atoms with Gasteiger partial charge in [0.05, 0.1) is 0 Å². The maximum Gasteiger partial charge on any atom is 0.318 e. The summed E-state index contributed by atoms with van der Waals surface area (Å²) in [6.45, 7) is 0.0295. The van der Waals surface area contributed by atoms with Crippen LogP contribution in [0, 0.1) is 0 Å². The highest BCUT2D eigenvalue weighted by atomic mass is 32.2. The molecule has 1 aromatic rings. The zero-order valence-electron chi connectivity index (χ0n) is 12.1. The third-order valence-corrected chi connectivity index (χ3v) is 4.21. The van der Waals surface area contributed by atoms with Gasteiger partial charge in [-0.3, -0.25) is 4.79 Å². The van der Waals surface area contributed by atoms with Crippen LogP contribution in [0.15, 0.2) is 35.7 Å². The van der Waals surface area contributed by atoms with Gasteiger partial charge in [-0.15, -0.1) is 0 Å². The van der Waals surface area contributed by atoms with E-state index < -0.39 is 22.5 Å². The number of benzene rings is 1. The van der Waals surface area contributed by atoms with Gasteiger partial charge in [-0.05, 0) is 25.7 Å². The molecule has 0 atom stereocenters. The largest absolute Gasteiger partial charge is 0.480 e. The van der Waals surface area contributed by atoms with Gasteiger partial charge >= 0.3 is 5.97 Å². The topological polar surface area (TPSA) is 77.9 Å². The molecule has 0 aromatic heterocycles. The quantitative estimate of drug-likeness (QED) is 0.773. The Labute approximate surface area is 125 Å². The number of carboxylic acids is 1. The standard InChI is InChI=1S/C14H20N2O4S/c1-15(2)9-10-16(12-14(17)18)21(19,20)11-8-13-6-4-3-5-7-13/h3-8,11H,9-10,12H2,1-2H3,(H,17,18)/b11-8+. The molecule has 0 aliphatic carbocycles. The molecule has 0 spiro atoms. The predicted molar refractivity (Wildman–Crippen MR) is 82.2 cm³/mol. The molecule has 0 aliphatic rings. The molecule has 116 valence electrons. The lowest BCUT2D eigenvalue weighted by Crippen LogP contribution is -2.38. The highest BCUT2D eigenvalue weighted by molar-refractivity contribution is 7.92. The number of aliphatic carboxylic acids is 1. The number of nitrogens with zero attached hydrogens (tertiary/aromatic N) is 2. The van der Waals surface area contributed by atoms with Gasteiger partial charge in [-0.2, -0.15) is 4.31 Å². The maximum atomic E-state index is 12.2. The molecule has 21 heavy (non-hydrogen) atoms. The Morgan fingerprint density at radius 3 is 2.33 bits per heavy atom. The fraction of sp³-hybridized carbons (Fsp3) is 0.357. The second-order valence-electron chi connectivity index (χ2n) is 4.79. The van der Waals surface area contributed by atoms with Crippen molar-refractivity contribution in [2.45, 2.75) is 0 Å². The second-order valence-corrected chi connectivity index (χ2v) is 6.61. The molecule has 0 radical (unpaired) electrons. The van der Waals surface area contributed by atoms with Crippen LogP contribution in [0.25, 0.3) is 6.08 Å². The lowest BCUT2D eigenvalue weighted by atomic mass is 10.2. The molecule has 0 bridgehead atoms. The van der Waals surface area contributed by atoms with E-state index in [0.29, 0.717) is 6.54 Å². The minimum atomic E-state index is -3.77. The molecule has 0 saturated heterocycles. The SMILES string of the molecule is CN(C)CCN(CC(=O)O)S(=O)(=O)/C=C/c1ccccc1. The Balaban J connectivity index is 2.87. The van der Waals surface area contributed by atoms with E-state index >= 15 is 0 Å². The van der Waals surface area contributed by atoms with E-state index in [4.69, 9.17) is 5.11 Å². The number of rotatable bonds is 8. The second kappa shape index (κ2) is 7.92. The van der Waals surface area contributed by atoms with Crippen LogP contribution in [-0.2, 0) is 14.8 Å². The van der Waals surface area contributed by atoms with Gasteiger partial charge in [0, 0.05) is 18.5 Å². The van der Waals surface area contributed by atoms with Gasteiger partial charge in [0.1, 0.15) is 6.54 Å². The number of carboxylic acid groups (broad SMARTS) is 1. The molecule has 0 amide bonds. The Hall–Kier alpha value is -1.70. The van der Waals surface area contributed by atoms with Crippen molar-refractivity contribution in [3.63, 3.8) is 0 Å². The lowest BCUT2D eigenvalue weighted by molar-refractivity contribution is -0.137. The van der Waals surface area contributed by atoms with Crippen molar-refractivity contribution >= 4 is 22.1 Å². The molecule has 0 saturated carbocycles. The van der Waals surface area contributed by atoms with Crippen molar-refractivity contribution < 1.29 is 18.3 Å². The van der Waals surface area contributed by atoms with Gasteiger partial charge in [0.2, 0.25) is 10.0 Å². The predicted octanol–water partition coefficient (Wildman–Crippen LogP) is 0.935. The first-order valence-corrected chi connectivity index (χ1v) is 7.91. The summed E-state index contributed by atoms with van der Waals surface area (Å²) in [4.78, 5) is 12.6. The number of hydrogen-bond acceptors (Lipinski definition) is 4. The number of sulfonamides is 1. The summed E-state index contributed by atoms with van der Waals surface area (Å²) in [5.74, 6) is -1.18. The molecular formula is C14H20N2O4S. The first-order chi connectivity index (χ1) is 9.81. The van der Waals surface area contributed by atoms with Crippen molar-refractivity contribution in [1.29, 1.82) is 0 Å². The van der Waals surface area contributed by atoms with Crippen molar-refractivity contribution in [3.8, 4) is 0 Å². The van der Waals surface area contributed by atoms with Crippen LogP contribution in [0.2, 0.25) is 0 Å². The number of hydrogen-bond donors (Lipinski definition) is 1. The molecule has 1 aromatic carbocycles. The van der Waals surface area contributed by atoms with E-state index in [1.165, 1.54) is 6.08 Å². The third-order valence-electron chi connectivity index (χ3n) is 2.70. The van der Waals surface area contributed by atoms with E-state index in [9.17, 15) is 13.2 Å². The fourth-order valence-corrected chi connectivity index (χ4v) is 2.70. The highest BCUT2D eigenvalue weighted by Crippen LogP contribution is 2.08. The van der Waals surface area contributed by atoms with Crippen LogP contribution >= 0.6 is 0 Å². The van der Waals surface area contributed by atoms with Crippen LogP contribution < -0.4 is 0 Å². The molecule has 7 heteroatoms. The Morgan fingerprint density at radius 2 is 1.81 bits per heavy atom. The van der Waals surface area contributed by atoms with Crippen molar-refractivity contribution in [1.82, 2.24) is 9.21 Å². The van der Waals surface area contributed by atoms with E-state index in [0.717, 1.165) is 15.3 Å². The minimum Gasteiger partial charge on any atom is -0.480 e. The highest BCUT2D eigenvalue weighted by Gasteiger charge is 2.21. The Morgan fingerprint density at radius 1 is 1.19 bits per heavy atom. The molecular weight excluding hydrogens is 292 g/mol. The number of carbonyl (C=O) groups is 1.